The molecule has 1 amide bonds. The normalized spacial score (nSPS) is 10.8. The molecule has 0 spiro atoms. The lowest BCUT2D eigenvalue weighted by molar-refractivity contribution is 0.102. The molecule has 2 aromatic carbocycles. The maximum Gasteiger partial charge on any atom is 0.255 e. The molecule has 5 nitrogen and oxygen atoms in total. The van der Waals surface area contributed by atoms with Crippen molar-refractivity contribution in [3.8, 4) is 17.0 Å². The fourth-order valence-corrected chi connectivity index (χ4v) is 3.02. The molecular weight excluding hydrogens is 350 g/mol. The standard InChI is InChI=1S/C23H21N3O2/c1-3-28-20-10-6-18(7-11-20)23(27)24-19-8-4-17(5-9-19)21-15-26-13-12-16(2)14-22(26)25-21/h4-15H,3H2,1-2H3,(H,24,27). The van der Waals surface area contributed by atoms with Gasteiger partial charge in [0.15, 0.2) is 0 Å². The Kier molecular flexibility index (Phi) is 4.81. The van der Waals surface area contributed by atoms with Crippen LogP contribution in [-0.4, -0.2) is 21.9 Å². The number of hydrogen-bond donors (Lipinski definition) is 1. The van der Waals surface area contributed by atoms with Crippen LogP contribution in [0.3, 0.4) is 0 Å². The molecule has 4 rings (SSSR count). The Balaban J connectivity index is 1.48. The zero-order valence-electron chi connectivity index (χ0n) is 15.8. The zero-order chi connectivity index (χ0) is 19.5. The van der Waals surface area contributed by atoms with Crippen LogP contribution in [-0.2, 0) is 0 Å². The molecule has 4 aromatic rings. The van der Waals surface area contributed by atoms with E-state index in [0.717, 1.165) is 28.3 Å². The van der Waals surface area contributed by atoms with Crippen molar-refractivity contribution < 1.29 is 9.53 Å². The van der Waals surface area contributed by atoms with E-state index in [1.165, 1.54) is 5.56 Å². The molecule has 0 unspecified atom stereocenters. The molecule has 0 aliphatic heterocycles. The minimum Gasteiger partial charge on any atom is -0.494 e. The fourth-order valence-electron chi connectivity index (χ4n) is 3.02. The van der Waals surface area contributed by atoms with Gasteiger partial charge in [-0.05, 0) is 67.9 Å². The average Bonchev–Trinajstić information content (AvgIpc) is 3.12. The molecule has 0 aliphatic carbocycles. The predicted octanol–water partition coefficient (Wildman–Crippen LogP) is 4.96. The second-order valence-corrected chi connectivity index (χ2v) is 6.58. The number of pyridine rings is 1. The third kappa shape index (κ3) is 3.74. The van der Waals surface area contributed by atoms with Gasteiger partial charge in [0.2, 0.25) is 0 Å². The van der Waals surface area contributed by atoms with Crippen molar-refractivity contribution in [1.29, 1.82) is 0 Å². The van der Waals surface area contributed by atoms with Crippen LogP contribution in [0.2, 0.25) is 0 Å². The zero-order valence-corrected chi connectivity index (χ0v) is 15.8. The minimum atomic E-state index is -0.154. The third-order valence-electron chi connectivity index (χ3n) is 4.48. The van der Waals surface area contributed by atoms with Crippen LogP contribution in [0.15, 0.2) is 73.1 Å². The number of carbonyl (C=O) groups is 1. The number of nitrogens with one attached hydrogen (secondary N) is 1. The van der Waals surface area contributed by atoms with Crippen molar-refractivity contribution in [3.05, 3.63) is 84.2 Å². The fraction of sp³-hybridized carbons (Fsp3) is 0.130. The first-order valence-corrected chi connectivity index (χ1v) is 9.22. The first-order chi connectivity index (χ1) is 13.6. The summed E-state index contributed by atoms with van der Waals surface area (Å²) in [6.07, 6.45) is 4.01. The van der Waals surface area contributed by atoms with E-state index in [9.17, 15) is 4.79 Å². The Morgan fingerprint density at radius 1 is 1.07 bits per heavy atom. The molecule has 0 bridgehead atoms. The minimum absolute atomic E-state index is 0.154. The highest BCUT2D eigenvalue weighted by molar-refractivity contribution is 6.04. The molecule has 2 heterocycles. The summed E-state index contributed by atoms with van der Waals surface area (Å²) >= 11 is 0. The Bertz CT molecular complexity index is 1110. The van der Waals surface area contributed by atoms with Crippen molar-refractivity contribution in [3.63, 3.8) is 0 Å². The SMILES string of the molecule is CCOc1ccc(C(=O)Nc2ccc(-c3cn4ccc(C)cc4n3)cc2)cc1. The van der Waals surface area contributed by atoms with Crippen LogP contribution < -0.4 is 10.1 Å². The molecule has 1 N–H and O–H groups in total. The average molecular weight is 371 g/mol. The number of nitrogens with zero attached hydrogens (tertiary/aromatic N) is 2. The first kappa shape index (κ1) is 17.8. The summed E-state index contributed by atoms with van der Waals surface area (Å²) in [5.74, 6) is 0.602. The summed E-state index contributed by atoms with van der Waals surface area (Å²) < 4.78 is 7.41. The highest BCUT2D eigenvalue weighted by atomic mass is 16.5. The Hall–Kier alpha value is -3.60. The summed E-state index contributed by atoms with van der Waals surface area (Å²) in [5, 5.41) is 2.92. The molecule has 0 radical (unpaired) electrons. The van der Waals surface area contributed by atoms with Gasteiger partial charge in [-0.25, -0.2) is 4.98 Å². The molecule has 140 valence electrons. The quantitative estimate of drug-likeness (QED) is 0.539. The maximum absolute atomic E-state index is 12.4. The second kappa shape index (κ2) is 7.56. The molecule has 0 fully saturated rings. The number of imidazole rings is 1. The van der Waals surface area contributed by atoms with Crippen LogP contribution in [0.25, 0.3) is 16.9 Å². The Labute approximate surface area is 163 Å². The number of ether oxygens (including phenoxy) is 1. The van der Waals surface area contributed by atoms with Gasteiger partial charge in [-0.15, -0.1) is 0 Å². The van der Waals surface area contributed by atoms with Gasteiger partial charge in [0.25, 0.3) is 5.91 Å². The highest BCUT2D eigenvalue weighted by Gasteiger charge is 2.08. The number of carbonyl (C=O) groups excluding carboxylic acids is 1. The molecule has 28 heavy (non-hydrogen) atoms. The number of fused-ring (bicyclic) bond motifs is 1. The molecule has 0 saturated heterocycles. The van der Waals surface area contributed by atoms with Crippen molar-refractivity contribution in [2.45, 2.75) is 13.8 Å². The van der Waals surface area contributed by atoms with Crippen LogP contribution in [0.1, 0.15) is 22.8 Å². The number of aryl methyl sites for hydroxylation is 1. The first-order valence-electron chi connectivity index (χ1n) is 9.22. The topological polar surface area (TPSA) is 55.6 Å². The van der Waals surface area contributed by atoms with Crippen LogP contribution in [0, 0.1) is 6.92 Å². The number of benzene rings is 2. The number of rotatable bonds is 5. The smallest absolute Gasteiger partial charge is 0.255 e. The van der Waals surface area contributed by atoms with E-state index in [2.05, 4.69) is 29.4 Å². The van der Waals surface area contributed by atoms with Crippen molar-refractivity contribution in [2.75, 3.05) is 11.9 Å². The van der Waals surface area contributed by atoms with E-state index in [-0.39, 0.29) is 5.91 Å². The number of aromatic nitrogens is 2. The van der Waals surface area contributed by atoms with E-state index in [1.807, 2.05) is 48.0 Å². The molecule has 0 saturated carbocycles. The third-order valence-corrected chi connectivity index (χ3v) is 4.48. The lowest BCUT2D eigenvalue weighted by Crippen LogP contribution is -2.11. The highest BCUT2D eigenvalue weighted by Crippen LogP contribution is 2.22. The lowest BCUT2D eigenvalue weighted by Gasteiger charge is -2.07. The number of anilines is 1. The van der Waals surface area contributed by atoms with Gasteiger partial charge in [-0.3, -0.25) is 4.79 Å². The Morgan fingerprint density at radius 2 is 1.82 bits per heavy atom. The molecule has 0 atom stereocenters. The molecule has 5 heteroatoms. The van der Waals surface area contributed by atoms with Gasteiger partial charge in [0.1, 0.15) is 11.4 Å². The summed E-state index contributed by atoms with van der Waals surface area (Å²) in [5.41, 5.74) is 5.32. The lowest BCUT2D eigenvalue weighted by atomic mass is 10.1. The Morgan fingerprint density at radius 3 is 2.54 bits per heavy atom. The largest absolute Gasteiger partial charge is 0.494 e. The van der Waals surface area contributed by atoms with Gasteiger partial charge in [-0.2, -0.15) is 0 Å². The predicted molar refractivity (Wildman–Crippen MR) is 111 cm³/mol. The summed E-state index contributed by atoms with van der Waals surface area (Å²) in [4.78, 5) is 17.1. The maximum atomic E-state index is 12.4. The molecule has 2 aromatic heterocycles. The number of hydrogen-bond acceptors (Lipinski definition) is 3. The van der Waals surface area contributed by atoms with Gasteiger partial charge in [-0.1, -0.05) is 12.1 Å². The van der Waals surface area contributed by atoms with E-state index in [4.69, 9.17) is 4.74 Å². The van der Waals surface area contributed by atoms with Crippen LogP contribution in [0.4, 0.5) is 5.69 Å². The molecular formula is C23H21N3O2. The van der Waals surface area contributed by atoms with E-state index in [0.29, 0.717) is 12.2 Å². The summed E-state index contributed by atoms with van der Waals surface area (Å²) in [6.45, 7) is 4.58. The summed E-state index contributed by atoms with van der Waals surface area (Å²) in [7, 11) is 0. The van der Waals surface area contributed by atoms with Crippen molar-refractivity contribution in [1.82, 2.24) is 9.38 Å². The van der Waals surface area contributed by atoms with Gasteiger partial charge in [0.05, 0.1) is 12.3 Å². The van der Waals surface area contributed by atoms with E-state index < -0.39 is 0 Å². The molecule has 0 aliphatic rings. The van der Waals surface area contributed by atoms with E-state index >= 15 is 0 Å². The van der Waals surface area contributed by atoms with Gasteiger partial charge in [0, 0.05) is 29.2 Å². The van der Waals surface area contributed by atoms with Crippen LogP contribution >= 0.6 is 0 Å². The number of amides is 1. The second-order valence-electron chi connectivity index (χ2n) is 6.58. The van der Waals surface area contributed by atoms with Crippen molar-refractivity contribution >= 4 is 17.2 Å². The monoisotopic (exact) mass is 371 g/mol. The van der Waals surface area contributed by atoms with Gasteiger partial charge >= 0.3 is 0 Å². The van der Waals surface area contributed by atoms with Crippen molar-refractivity contribution in [2.24, 2.45) is 0 Å². The summed E-state index contributed by atoms with van der Waals surface area (Å²) in [6, 6.07) is 18.9. The van der Waals surface area contributed by atoms with Crippen LogP contribution in [0.5, 0.6) is 5.75 Å². The van der Waals surface area contributed by atoms with Gasteiger partial charge < -0.3 is 14.5 Å². The van der Waals surface area contributed by atoms with E-state index in [1.54, 1.807) is 24.3 Å².